The molecule has 2 atom stereocenters. The number of halogens is 1. The van der Waals surface area contributed by atoms with Gasteiger partial charge in [-0.1, -0.05) is 48.9 Å². The van der Waals surface area contributed by atoms with Gasteiger partial charge in [0, 0.05) is 17.0 Å². The molecular weight excluding hydrogens is 334 g/mol. The predicted molar refractivity (Wildman–Crippen MR) is 101 cm³/mol. The molecule has 4 nitrogen and oxygen atoms in total. The first-order valence-corrected chi connectivity index (χ1v) is 8.43. The minimum atomic E-state index is -0.0275. The molecule has 0 amide bonds. The average Bonchev–Trinajstić information content (AvgIpc) is 2.62. The number of nitrogen functional groups attached to an aromatic ring is 1. The third-order valence-electron chi connectivity index (χ3n) is 4.38. The minimum Gasteiger partial charge on any atom is -0.497 e. The van der Waals surface area contributed by atoms with Gasteiger partial charge >= 0.3 is 0 Å². The zero-order valence-electron chi connectivity index (χ0n) is 14.2. The van der Waals surface area contributed by atoms with Crippen LogP contribution in [0.5, 0.6) is 5.75 Å². The first kappa shape index (κ1) is 17.2. The zero-order valence-corrected chi connectivity index (χ0v) is 14.9. The Hall–Kier alpha value is -2.59. The van der Waals surface area contributed by atoms with Crippen molar-refractivity contribution in [2.45, 2.75) is 18.8 Å². The molecule has 0 aliphatic heterocycles. The van der Waals surface area contributed by atoms with Crippen molar-refractivity contribution in [1.29, 1.82) is 0 Å². The van der Waals surface area contributed by atoms with Crippen LogP contribution < -0.4 is 10.5 Å². The van der Waals surface area contributed by atoms with Crippen LogP contribution in [0.1, 0.15) is 35.6 Å². The van der Waals surface area contributed by atoms with E-state index in [4.69, 9.17) is 22.1 Å². The summed E-state index contributed by atoms with van der Waals surface area (Å²) in [7, 11) is 1.66. The van der Waals surface area contributed by atoms with E-state index in [2.05, 4.69) is 23.0 Å². The summed E-state index contributed by atoms with van der Waals surface area (Å²) in [5, 5.41) is 0.741. The Bertz CT molecular complexity index is 869. The first-order valence-electron chi connectivity index (χ1n) is 8.06. The number of hydrogen-bond donors (Lipinski definition) is 1. The predicted octanol–water partition coefficient (Wildman–Crippen LogP) is 4.66. The van der Waals surface area contributed by atoms with Crippen molar-refractivity contribution in [3.63, 3.8) is 0 Å². The van der Waals surface area contributed by atoms with Crippen LogP contribution >= 0.6 is 11.6 Å². The van der Waals surface area contributed by atoms with E-state index in [0.29, 0.717) is 5.82 Å². The van der Waals surface area contributed by atoms with Crippen LogP contribution in [0.4, 0.5) is 5.82 Å². The lowest BCUT2D eigenvalue weighted by molar-refractivity contribution is 0.413. The van der Waals surface area contributed by atoms with Crippen LogP contribution in [0.2, 0.25) is 5.02 Å². The molecule has 0 saturated heterocycles. The molecule has 0 saturated carbocycles. The van der Waals surface area contributed by atoms with E-state index in [0.717, 1.165) is 27.6 Å². The lowest BCUT2D eigenvalue weighted by Gasteiger charge is -2.25. The van der Waals surface area contributed by atoms with E-state index < -0.39 is 0 Å². The van der Waals surface area contributed by atoms with Crippen molar-refractivity contribution in [2.24, 2.45) is 0 Å². The van der Waals surface area contributed by atoms with Gasteiger partial charge in [0.05, 0.1) is 12.8 Å². The number of aromatic nitrogens is 2. The summed E-state index contributed by atoms with van der Waals surface area (Å²) < 4.78 is 5.39. The molecule has 1 unspecified atom stereocenters. The summed E-state index contributed by atoms with van der Waals surface area (Å²) in [6.07, 6.45) is 1.50. The lowest BCUT2D eigenvalue weighted by atomic mass is 9.80. The third-order valence-corrected chi connectivity index (χ3v) is 4.72. The fraction of sp³-hybridized carbons (Fsp3) is 0.200. The Morgan fingerprint density at radius 3 is 2.56 bits per heavy atom. The molecule has 2 N–H and O–H groups in total. The topological polar surface area (TPSA) is 61.0 Å². The van der Waals surface area contributed by atoms with Crippen LogP contribution in [0.25, 0.3) is 0 Å². The zero-order chi connectivity index (χ0) is 17.8. The highest BCUT2D eigenvalue weighted by atomic mass is 35.5. The van der Waals surface area contributed by atoms with E-state index in [1.54, 1.807) is 7.11 Å². The fourth-order valence-electron chi connectivity index (χ4n) is 3.13. The second kappa shape index (κ2) is 7.53. The van der Waals surface area contributed by atoms with E-state index in [-0.39, 0.29) is 11.8 Å². The second-order valence-corrected chi connectivity index (χ2v) is 6.34. The van der Waals surface area contributed by atoms with Gasteiger partial charge in [0.1, 0.15) is 17.9 Å². The molecule has 25 heavy (non-hydrogen) atoms. The Labute approximate surface area is 152 Å². The number of nitrogens with zero attached hydrogens (tertiary/aromatic N) is 2. The molecular formula is C20H20ClN3O. The van der Waals surface area contributed by atoms with E-state index in [9.17, 15) is 0 Å². The van der Waals surface area contributed by atoms with Crippen molar-refractivity contribution in [3.05, 3.63) is 82.8 Å². The molecule has 2 aromatic carbocycles. The van der Waals surface area contributed by atoms with Crippen molar-refractivity contribution in [1.82, 2.24) is 9.97 Å². The van der Waals surface area contributed by atoms with Crippen molar-refractivity contribution in [2.75, 3.05) is 12.8 Å². The average molecular weight is 354 g/mol. The lowest BCUT2D eigenvalue weighted by Crippen LogP contribution is -2.13. The van der Waals surface area contributed by atoms with Crippen molar-refractivity contribution in [3.8, 4) is 5.75 Å². The van der Waals surface area contributed by atoms with Crippen LogP contribution in [0.15, 0.2) is 60.9 Å². The highest BCUT2D eigenvalue weighted by molar-refractivity contribution is 6.31. The molecule has 0 fully saturated rings. The van der Waals surface area contributed by atoms with Crippen LogP contribution in [-0.2, 0) is 0 Å². The Kier molecular flexibility index (Phi) is 5.19. The molecule has 3 aromatic rings. The Morgan fingerprint density at radius 2 is 1.84 bits per heavy atom. The van der Waals surface area contributed by atoms with E-state index in [1.807, 2.05) is 48.5 Å². The summed E-state index contributed by atoms with van der Waals surface area (Å²) in [5.74, 6) is 1.32. The molecule has 0 bridgehead atoms. The summed E-state index contributed by atoms with van der Waals surface area (Å²) >= 11 is 6.45. The molecule has 0 aliphatic rings. The molecule has 1 heterocycles. The largest absolute Gasteiger partial charge is 0.497 e. The van der Waals surface area contributed by atoms with Gasteiger partial charge in [-0.3, -0.25) is 0 Å². The van der Waals surface area contributed by atoms with Crippen LogP contribution in [0.3, 0.4) is 0 Å². The maximum atomic E-state index is 6.45. The molecule has 128 valence electrons. The first-order chi connectivity index (χ1) is 12.1. The van der Waals surface area contributed by atoms with Gasteiger partial charge in [0.15, 0.2) is 0 Å². The normalized spacial score (nSPS) is 13.2. The van der Waals surface area contributed by atoms with Gasteiger partial charge in [-0.2, -0.15) is 0 Å². The second-order valence-electron chi connectivity index (χ2n) is 5.93. The number of methoxy groups -OCH3 is 1. The van der Waals surface area contributed by atoms with Crippen molar-refractivity contribution >= 4 is 17.4 Å². The minimum absolute atomic E-state index is 0.0275. The summed E-state index contributed by atoms with van der Waals surface area (Å²) in [4.78, 5) is 8.49. The molecule has 0 aliphatic carbocycles. The number of ether oxygens (including phenoxy) is 1. The van der Waals surface area contributed by atoms with Gasteiger partial charge in [-0.25, -0.2) is 9.97 Å². The summed E-state index contributed by atoms with van der Waals surface area (Å²) in [5.41, 5.74) is 8.90. The number of rotatable bonds is 5. The smallest absolute Gasteiger partial charge is 0.127 e. The van der Waals surface area contributed by atoms with Crippen molar-refractivity contribution < 1.29 is 4.74 Å². The Morgan fingerprint density at radius 1 is 1.04 bits per heavy atom. The third kappa shape index (κ3) is 3.74. The quantitative estimate of drug-likeness (QED) is 0.724. The Balaban J connectivity index is 2.13. The van der Waals surface area contributed by atoms with Gasteiger partial charge < -0.3 is 10.5 Å². The molecule has 0 spiro atoms. The SMILES string of the molecule is COc1cccc([C@@H](c2cc(N)ncn2)C(C)c2ccccc2Cl)c1. The highest BCUT2D eigenvalue weighted by Crippen LogP contribution is 2.40. The van der Waals surface area contributed by atoms with E-state index in [1.165, 1.54) is 6.33 Å². The summed E-state index contributed by atoms with van der Waals surface area (Å²) in [6.45, 7) is 2.14. The number of hydrogen-bond acceptors (Lipinski definition) is 4. The maximum absolute atomic E-state index is 6.45. The van der Waals surface area contributed by atoms with Crippen LogP contribution in [-0.4, -0.2) is 17.1 Å². The van der Waals surface area contributed by atoms with Gasteiger partial charge in [0.2, 0.25) is 0 Å². The number of benzene rings is 2. The fourth-order valence-corrected chi connectivity index (χ4v) is 3.44. The van der Waals surface area contributed by atoms with Gasteiger partial charge in [-0.15, -0.1) is 0 Å². The standard InChI is InChI=1S/C20H20ClN3O/c1-13(16-8-3-4-9-17(16)21)20(18-11-19(22)24-12-23-18)14-6-5-7-15(10-14)25-2/h3-13,20H,1-2H3,(H2,22,23,24)/t13?,20-/m0/s1. The van der Waals surface area contributed by atoms with Gasteiger partial charge in [0.25, 0.3) is 0 Å². The number of nitrogens with two attached hydrogens (primary N) is 1. The molecule has 1 aromatic heterocycles. The molecule has 0 radical (unpaired) electrons. The number of anilines is 1. The highest BCUT2D eigenvalue weighted by Gasteiger charge is 2.26. The maximum Gasteiger partial charge on any atom is 0.127 e. The van der Waals surface area contributed by atoms with Crippen LogP contribution in [0, 0.1) is 0 Å². The molecule has 5 heteroatoms. The summed E-state index contributed by atoms with van der Waals surface area (Å²) in [6, 6.07) is 17.7. The van der Waals surface area contributed by atoms with E-state index >= 15 is 0 Å². The monoisotopic (exact) mass is 353 g/mol. The van der Waals surface area contributed by atoms with Gasteiger partial charge in [-0.05, 0) is 35.2 Å². The molecule has 3 rings (SSSR count).